The number of fused-ring (bicyclic) bond motifs is 3. The summed E-state index contributed by atoms with van der Waals surface area (Å²) in [4.78, 5) is 9.47. The molecule has 3 aromatic rings. The summed E-state index contributed by atoms with van der Waals surface area (Å²) in [6, 6.07) is 18.8. The molecule has 2 aromatic carbocycles. The zero-order valence-corrected chi connectivity index (χ0v) is 11.1. The molecule has 0 amide bonds. The van der Waals surface area contributed by atoms with Crippen molar-refractivity contribution in [1.82, 2.24) is 4.98 Å². The van der Waals surface area contributed by atoms with Crippen molar-refractivity contribution in [2.45, 2.75) is 11.4 Å². The third kappa shape index (κ3) is 1.78. The minimum atomic E-state index is 0.737. The van der Waals surface area contributed by atoms with Gasteiger partial charge < -0.3 is 4.98 Å². The van der Waals surface area contributed by atoms with Gasteiger partial charge >= 0.3 is 0 Å². The van der Waals surface area contributed by atoms with Gasteiger partial charge in [-0.25, -0.2) is 0 Å². The number of aromatic amines is 1. The summed E-state index contributed by atoms with van der Waals surface area (Å²) in [7, 11) is 0. The Morgan fingerprint density at radius 2 is 1.74 bits per heavy atom. The second-order valence-electron chi connectivity index (χ2n) is 4.57. The molecule has 0 atom stereocenters. The van der Waals surface area contributed by atoms with Crippen molar-refractivity contribution >= 4 is 27.7 Å². The third-order valence-corrected chi connectivity index (χ3v) is 4.56. The smallest absolute Gasteiger partial charge is 0.103 e. The number of hydrogen-bond acceptors (Lipinski definition) is 2. The quantitative estimate of drug-likeness (QED) is 0.700. The average Bonchev–Trinajstić information content (AvgIpc) is 2.86. The second kappa shape index (κ2) is 4.28. The van der Waals surface area contributed by atoms with E-state index >= 15 is 0 Å². The van der Waals surface area contributed by atoms with Gasteiger partial charge in [0.25, 0.3) is 0 Å². The Balaban J connectivity index is 1.81. The zero-order chi connectivity index (χ0) is 12.7. The van der Waals surface area contributed by atoms with E-state index in [1.807, 2.05) is 6.07 Å². The largest absolute Gasteiger partial charge is 0.356 e. The normalized spacial score (nSPS) is 14.2. The van der Waals surface area contributed by atoms with Crippen molar-refractivity contribution < 1.29 is 0 Å². The fraction of sp³-hybridized carbons (Fsp3) is 0.0625. The van der Waals surface area contributed by atoms with Gasteiger partial charge in [0.1, 0.15) is 5.04 Å². The van der Waals surface area contributed by atoms with Gasteiger partial charge in [-0.2, -0.15) is 0 Å². The molecule has 92 valence electrons. The molecule has 0 fully saturated rings. The van der Waals surface area contributed by atoms with Gasteiger partial charge in [-0.3, -0.25) is 4.99 Å². The van der Waals surface area contributed by atoms with Crippen LogP contribution in [0.1, 0.15) is 11.3 Å². The summed E-state index contributed by atoms with van der Waals surface area (Å²) in [6.45, 7) is 0.737. The van der Waals surface area contributed by atoms with Crippen LogP contribution in [0.5, 0.6) is 0 Å². The summed E-state index contributed by atoms with van der Waals surface area (Å²) in [5, 5.41) is 2.41. The Hall–Kier alpha value is -2.00. The molecule has 0 unspecified atom stereocenters. The molecule has 0 aliphatic carbocycles. The van der Waals surface area contributed by atoms with Crippen molar-refractivity contribution in [2.24, 2.45) is 4.99 Å². The number of para-hydroxylation sites is 1. The first-order valence-corrected chi connectivity index (χ1v) is 7.11. The van der Waals surface area contributed by atoms with Gasteiger partial charge in [0.05, 0.1) is 12.2 Å². The number of aromatic nitrogens is 1. The van der Waals surface area contributed by atoms with E-state index in [4.69, 9.17) is 0 Å². The number of benzene rings is 2. The highest BCUT2D eigenvalue weighted by Gasteiger charge is 2.19. The van der Waals surface area contributed by atoms with Gasteiger partial charge in [0.2, 0.25) is 0 Å². The Kier molecular flexibility index (Phi) is 2.45. The first-order valence-electron chi connectivity index (χ1n) is 6.29. The average molecular weight is 264 g/mol. The predicted molar refractivity (Wildman–Crippen MR) is 80.8 cm³/mol. The highest BCUT2D eigenvalue weighted by molar-refractivity contribution is 8.14. The zero-order valence-electron chi connectivity index (χ0n) is 10.3. The maximum atomic E-state index is 4.68. The fourth-order valence-corrected chi connectivity index (χ4v) is 3.51. The van der Waals surface area contributed by atoms with Crippen LogP contribution in [-0.2, 0) is 6.54 Å². The molecule has 3 heteroatoms. The lowest BCUT2D eigenvalue weighted by Gasteiger charge is -2.12. The highest BCUT2D eigenvalue weighted by atomic mass is 32.2. The minimum Gasteiger partial charge on any atom is -0.356 e. The third-order valence-electron chi connectivity index (χ3n) is 3.33. The number of aliphatic imine (C=N–C) groups is 1. The van der Waals surface area contributed by atoms with E-state index in [1.165, 1.54) is 27.1 Å². The molecule has 1 aliphatic heterocycles. The van der Waals surface area contributed by atoms with Crippen LogP contribution in [0.15, 0.2) is 64.5 Å². The number of thioether (sulfide) groups is 1. The van der Waals surface area contributed by atoms with Crippen LogP contribution in [0.25, 0.3) is 10.9 Å². The van der Waals surface area contributed by atoms with Crippen LogP contribution >= 0.6 is 11.8 Å². The van der Waals surface area contributed by atoms with Crippen molar-refractivity contribution in [3.8, 4) is 0 Å². The standard InChI is InChI=1S/C16H12N2S/c1-2-6-11(7-3-1)16-17-10-14-15(19-16)12-8-4-5-9-13(12)18-14/h1-9,18H,10H2. The minimum absolute atomic E-state index is 0.737. The maximum absolute atomic E-state index is 4.68. The highest BCUT2D eigenvalue weighted by Crippen LogP contribution is 2.37. The Morgan fingerprint density at radius 3 is 2.63 bits per heavy atom. The molecule has 0 saturated heterocycles. The van der Waals surface area contributed by atoms with Crippen molar-refractivity contribution in [3.05, 3.63) is 65.9 Å². The van der Waals surface area contributed by atoms with E-state index in [9.17, 15) is 0 Å². The molecule has 19 heavy (non-hydrogen) atoms. The van der Waals surface area contributed by atoms with Gasteiger partial charge in [0, 0.05) is 21.4 Å². The van der Waals surface area contributed by atoms with E-state index in [0.29, 0.717) is 0 Å². The number of rotatable bonds is 1. The van der Waals surface area contributed by atoms with Crippen molar-refractivity contribution in [1.29, 1.82) is 0 Å². The topological polar surface area (TPSA) is 28.1 Å². The molecule has 2 nitrogen and oxygen atoms in total. The predicted octanol–water partition coefficient (Wildman–Crippen LogP) is 4.22. The van der Waals surface area contributed by atoms with Crippen LogP contribution in [0.3, 0.4) is 0 Å². The van der Waals surface area contributed by atoms with Crippen LogP contribution in [0.2, 0.25) is 0 Å². The fourth-order valence-electron chi connectivity index (χ4n) is 2.41. The lowest BCUT2D eigenvalue weighted by molar-refractivity contribution is 0.982. The summed E-state index contributed by atoms with van der Waals surface area (Å²) in [5.41, 5.74) is 3.62. The van der Waals surface area contributed by atoms with Gasteiger partial charge in [-0.15, -0.1) is 0 Å². The monoisotopic (exact) mass is 264 g/mol. The summed E-state index contributed by atoms with van der Waals surface area (Å²) < 4.78 is 0. The van der Waals surface area contributed by atoms with E-state index in [2.05, 4.69) is 58.5 Å². The Morgan fingerprint density at radius 1 is 0.947 bits per heavy atom. The summed E-state index contributed by atoms with van der Waals surface area (Å²) >= 11 is 1.76. The molecule has 0 bridgehead atoms. The van der Waals surface area contributed by atoms with Crippen LogP contribution < -0.4 is 0 Å². The van der Waals surface area contributed by atoms with E-state index in [0.717, 1.165) is 11.6 Å². The molecule has 4 rings (SSSR count). The van der Waals surface area contributed by atoms with E-state index in [1.54, 1.807) is 11.8 Å². The Bertz CT molecular complexity index is 772. The van der Waals surface area contributed by atoms with Gasteiger partial charge in [-0.1, -0.05) is 60.3 Å². The van der Waals surface area contributed by atoms with Crippen LogP contribution in [0, 0.1) is 0 Å². The molecule has 0 saturated carbocycles. The van der Waals surface area contributed by atoms with Crippen LogP contribution in [0.4, 0.5) is 0 Å². The number of H-pyrrole nitrogens is 1. The molecule has 1 aliphatic rings. The first-order chi connectivity index (χ1) is 9.42. The van der Waals surface area contributed by atoms with E-state index in [-0.39, 0.29) is 0 Å². The van der Waals surface area contributed by atoms with Crippen LogP contribution in [-0.4, -0.2) is 10.0 Å². The molecule has 0 spiro atoms. The molecule has 2 heterocycles. The molecule has 0 radical (unpaired) electrons. The number of hydrogen-bond donors (Lipinski definition) is 1. The number of nitrogens with one attached hydrogen (secondary N) is 1. The molecular formula is C16H12N2S. The Labute approximate surface area is 115 Å². The SMILES string of the molecule is c1ccc(C2=NCc3[nH]c4ccccc4c3S2)cc1. The van der Waals surface area contributed by atoms with E-state index < -0.39 is 0 Å². The van der Waals surface area contributed by atoms with Crippen molar-refractivity contribution in [3.63, 3.8) is 0 Å². The molecule has 1 aromatic heterocycles. The van der Waals surface area contributed by atoms with Gasteiger partial charge in [0.15, 0.2) is 0 Å². The molecular weight excluding hydrogens is 252 g/mol. The molecule has 1 N–H and O–H groups in total. The van der Waals surface area contributed by atoms with Gasteiger partial charge in [-0.05, 0) is 6.07 Å². The second-order valence-corrected chi connectivity index (χ2v) is 5.57. The first kappa shape index (κ1) is 10.9. The van der Waals surface area contributed by atoms with Crippen molar-refractivity contribution in [2.75, 3.05) is 0 Å². The summed E-state index contributed by atoms with van der Waals surface area (Å²) in [6.07, 6.45) is 0. The number of nitrogens with zero attached hydrogens (tertiary/aromatic N) is 1. The maximum Gasteiger partial charge on any atom is 0.103 e. The summed E-state index contributed by atoms with van der Waals surface area (Å²) in [5.74, 6) is 0. The lowest BCUT2D eigenvalue weighted by Crippen LogP contribution is -2.02. The lowest BCUT2D eigenvalue weighted by atomic mass is 10.2.